The third-order valence-electron chi connectivity index (χ3n) is 3.23. The fourth-order valence-corrected chi connectivity index (χ4v) is 2.51. The molecule has 0 aliphatic rings. The third kappa shape index (κ3) is 3.76. The van der Waals surface area contributed by atoms with E-state index < -0.39 is 0 Å². The van der Waals surface area contributed by atoms with Crippen molar-refractivity contribution in [3.05, 3.63) is 57.6 Å². The van der Waals surface area contributed by atoms with Gasteiger partial charge < -0.3 is 15.5 Å². The zero-order chi connectivity index (χ0) is 15.4. The van der Waals surface area contributed by atoms with Gasteiger partial charge in [0.1, 0.15) is 0 Å². The van der Waals surface area contributed by atoms with Gasteiger partial charge in [0.2, 0.25) is 0 Å². The van der Waals surface area contributed by atoms with Crippen LogP contribution in [0.15, 0.2) is 40.9 Å². The first-order chi connectivity index (χ1) is 9.99. The number of hydrogen-bond donors (Lipinski definition) is 3. The standard InChI is InChI=1S/C16H16BrNO3/c1-10-8-14(19)15(20)9-11(10)6-7-18-16(21)12-4-2-3-5-13(12)17/h2-5,8-9,19-20H,6-7H2,1H3,(H,18,21). The fourth-order valence-electron chi connectivity index (χ4n) is 2.05. The Balaban J connectivity index is 1.97. The van der Waals surface area contributed by atoms with Crippen LogP contribution in [-0.2, 0) is 6.42 Å². The summed E-state index contributed by atoms with van der Waals surface area (Å²) in [4.78, 5) is 12.0. The number of halogens is 1. The molecular weight excluding hydrogens is 334 g/mol. The van der Waals surface area contributed by atoms with Gasteiger partial charge in [-0.05, 0) is 64.7 Å². The molecule has 0 radical (unpaired) electrons. The Morgan fingerprint density at radius 1 is 1.19 bits per heavy atom. The van der Waals surface area contributed by atoms with Crippen molar-refractivity contribution in [1.29, 1.82) is 0 Å². The first-order valence-electron chi connectivity index (χ1n) is 6.53. The van der Waals surface area contributed by atoms with Crippen LogP contribution < -0.4 is 5.32 Å². The topological polar surface area (TPSA) is 69.6 Å². The fraction of sp³-hybridized carbons (Fsp3) is 0.188. The summed E-state index contributed by atoms with van der Waals surface area (Å²) in [5.74, 6) is -0.427. The summed E-state index contributed by atoms with van der Waals surface area (Å²) in [6.07, 6.45) is 0.579. The molecule has 0 atom stereocenters. The van der Waals surface area contributed by atoms with E-state index in [4.69, 9.17) is 0 Å². The normalized spacial score (nSPS) is 10.4. The molecule has 0 aliphatic heterocycles. The van der Waals surface area contributed by atoms with Crippen molar-refractivity contribution < 1.29 is 15.0 Å². The van der Waals surface area contributed by atoms with Crippen molar-refractivity contribution in [2.45, 2.75) is 13.3 Å². The lowest BCUT2D eigenvalue weighted by molar-refractivity contribution is 0.0953. The van der Waals surface area contributed by atoms with Crippen LogP contribution in [0.1, 0.15) is 21.5 Å². The summed E-state index contributed by atoms with van der Waals surface area (Å²) in [6, 6.07) is 10.3. The van der Waals surface area contributed by atoms with Crippen LogP contribution in [0.3, 0.4) is 0 Å². The summed E-state index contributed by atoms with van der Waals surface area (Å²) < 4.78 is 0.751. The molecule has 0 unspecified atom stereocenters. The molecule has 4 nitrogen and oxygen atoms in total. The van der Waals surface area contributed by atoms with Crippen LogP contribution in [0, 0.1) is 6.92 Å². The Kier molecular flexibility index (Phi) is 4.85. The minimum Gasteiger partial charge on any atom is -0.504 e. The number of aromatic hydroxyl groups is 2. The minimum absolute atomic E-state index is 0.131. The lowest BCUT2D eigenvalue weighted by Gasteiger charge is -2.10. The van der Waals surface area contributed by atoms with Crippen LogP contribution in [-0.4, -0.2) is 22.7 Å². The molecule has 0 aromatic heterocycles. The van der Waals surface area contributed by atoms with Crippen molar-refractivity contribution in [3.8, 4) is 11.5 Å². The Bertz CT molecular complexity index is 671. The molecule has 2 aromatic rings. The van der Waals surface area contributed by atoms with E-state index in [1.54, 1.807) is 6.07 Å². The van der Waals surface area contributed by atoms with Gasteiger partial charge in [-0.2, -0.15) is 0 Å². The number of carbonyl (C=O) groups is 1. The van der Waals surface area contributed by atoms with E-state index in [0.29, 0.717) is 18.5 Å². The number of phenols is 2. The van der Waals surface area contributed by atoms with Gasteiger partial charge in [0.05, 0.1) is 5.56 Å². The Morgan fingerprint density at radius 2 is 1.86 bits per heavy atom. The third-order valence-corrected chi connectivity index (χ3v) is 3.92. The van der Waals surface area contributed by atoms with Gasteiger partial charge in [-0.1, -0.05) is 12.1 Å². The van der Waals surface area contributed by atoms with Gasteiger partial charge in [-0.15, -0.1) is 0 Å². The number of hydrogen-bond acceptors (Lipinski definition) is 3. The largest absolute Gasteiger partial charge is 0.504 e. The number of aryl methyl sites for hydroxylation is 1. The number of benzene rings is 2. The zero-order valence-electron chi connectivity index (χ0n) is 11.6. The Hall–Kier alpha value is -2.01. The summed E-state index contributed by atoms with van der Waals surface area (Å²) >= 11 is 3.34. The molecular formula is C16H16BrNO3. The van der Waals surface area contributed by atoms with E-state index in [1.165, 1.54) is 12.1 Å². The molecule has 0 heterocycles. The molecule has 0 aliphatic carbocycles. The van der Waals surface area contributed by atoms with Crippen LogP contribution >= 0.6 is 15.9 Å². The van der Waals surface area contributed by atoms with Crippen molar-refractivity contribution in [1.82, 2.24) is 5.32 Å². The van der Waals surface area contributed by atoms with Crippen molar-refractivity contribution in [2.75, 3.05) is 6.54 Å². The molecule has 0 fully saturated rings. The highest BCUT2D eigenvalue weighted by Crippen LogP contribution is 2.28. The maximum Gasteiger partial charge on any atom is 0.252 e. The molecule has 0 spiro atoms. The summed E-state index contributed by atoms with van der Waals surface area (Å²) in [6.45, 7) is 2.30. The highest BCUT2D eigenvalue weighted by atomic mass is 79.9. The van der Waals surface area contributed by atoms with E-state index in [9.17, 15) is 15.0 Å². The maximum atomic E-state index is 12.0. The monoisotopic (exact) mass is 349 g/mol. The summed E-state index contributed by atoms with van der Waals surface area (Å²) in [5.41, 5.74) is 2.35. The zero-order valence-corrected chi connectivity index (χ0v) is 13.1. The minimum atomic E-state index is -0.150. The second-order valence-corrected chi connectivity index (χ2v) is 5.61. The van der Waals surface area contributed by atoms with E-state index in [1.807, 2.05) is 25.1 Å². The molecule has 21 heavy (non-hydrogen) atoms. The van der Waals surface area contributed by atoms with Gasteiger partial charge in [0.25, 0.3) is 5.91 Å². The average molecular weight is 350 g/mol. The molecule has 3 N–H and O–H groups in total. The highest BCUT2D eigenvalue weighted by molar-refractivity contribution is 9.10. The molecule has 2 aromatic carbocycles. The molecule has 5 heteroatoms. The van der Waals surface area contributed by atoms with Crippen molar-refractivity contribution in [3.63, 3.8) is 0 Å². The molecule has 2 rings (SSSR count). The molecule has 110 valence electrons. The quantitative estimate of drug-likeness (QED) is 0.742. The van der Waals surface area contributed by atoms with Crippen molar-refractivity contribution >= 4 is 21.8 Å². The lowest BCUT2D eigenvalue weighted by Crippen LogP contribution is -2.26. The van der Waals surface area contributed by atoms with Crippen LogP contribution in [0.25, 0.3) is 0 Å². The molecule has 1 amide bonds. The van der Waals surface area contributed by atoms with Gasteiger partial charge in [0.15, 0.2) is 11.5 Å². The Labute approximate surface area is 131 Å². The average Bonchev–Trinajstić information content (AvgIpc) is 2.44. The van der Waals surface area contributed by atoms with Gasteiger partial charge in [0, 0.05) is 11.0 Å². The van der Waals surface area contributed by atoms with E-state index >= 15 is 0 Å². The number of carbonyl (C=O) groups excluding carboxylic acids is 1. The molecule has 0 saturated carbocycles. The van der Waals surface area contributed by atoms with Crippen LogP contribution in [0.5, 0.6) is 11.5 Å². The first kappa shape index (κ1) is 15.4. The first-order valence-corrected chi connectivity index (χ1v) is 7.32. The number of rotatable bonds is 4. The predicted octanol–water partition coefficient (Wildman–Crippen LogP) is 3.14. The maximum absolute atomic E-state index is 12.0. The van der Waals surface area contributed by atoms with Crippen LogP contribution in [0.4, 0.5) is 0 Å². The number of nitrogens with one attached hydrogen (secondary N) is 1. The van der Waals surface area contributed by atoms with Gasteiger partial charge >= 0.3 is 0 Å². The number of phenolic OH excluding ortho intramolecular Hbond substituents is 2. The van der Waals surface area contributed by atoms with E-state index in [-0.39, 0.29) is 17.4 Å². The van der Waals surface area contributed by atoms with Crippen molar-refractivity contribution in [2.24, 2.45) is 0 Å². The SMILES string of the molecule is Cc1cc(O)c(O)cc1CCNC(=O)c1ccccc1Br. The summed E-state index contributed by atoms with van der Waals surface area (Å²) in [7, 11) is 0. The van der Waals surface area contributed by atoms with Gasteiger partial charge in [-0.3, -0.25) is 4.79 Å². The molecule has 0 saturated heterocycles. The number of amides is 1. The summed E-state index contributed by atoms with van der Waals surface area (Å²) in [5, 5.41) is 21.7. The van der Waals surface area contributed by atoms with Gasteiger partial charge in [-0.25, -0.2) is 0 Å². The smallest absolute Gasteiger partial charge is 0.252 e. The van der Waals surface area contributed by atoms with Crippen LogP contribution in [0.2, 0.25) is 0 Å². The predicted molar refractivity (Wildman–Crippen MR) is 84.7 cm³/mol. The Morgan fingerprint density at radius 3 is 2.57 bits per heavy atom. The highest BCUT2D eigenvalue weighted by Gasteiger charge is 2.09. The lowest BCUT2D eigenvalue weighted by atomic mass is 10.0. The molecule has 0 bridgehead atoms. The second-order valence-electron chi connectivity index (χ2n) is 4.75. The van der Waals surface area contributed by atoms with E-state index in [2.05, 4.69) is 21.2 Å². The second kappa shape index (κ2) is 6.63. The van der Waals surface area contributed by atoms with E-state index in [0.717, 1.165) is 15.6 Å².